The average molecular weight is 547 g/mol. The van der Waals surface area contributed by atoms with Crippen LogP contribution in [0, 0.1) is 11.6 Å². The molecule has 2 unspecified atom stereocenters. The van der Waals surface area contributed by atoms with Crippen LogP contribution in [0.3, 0.4) is 0 Å². The molecule has 1 saturated carbocycles. The van der Waals surface area contributed by atoms with Gasteiger partial charge < -0.3 is 15.1 Å². The van der Waals surface area contributed by atoms with Crippen LogP contribution in [0.1, 0.15) is 37.7 Å². The fraction of sp³-hybridized carbons (Fsp3) is 0.636. The van der Waals surface area contributed by atoms with Gasteiger partial charge in [-0.15, -0.1) is 24.0 Å². The molecule has 3 aliphatic rings. The molecule has 1 aromatic carbocycles. The van der Waals surface area contributed by atoms with Crippen LogP contribution < -0.4 is 5.32 Å². The molecule has 2 heterocycles. The highest BCUT2D eigenvalue weighted by molar-refractivity contribution is 14.0. The zero-order valence-corrected chi connectivity index (χ0v) is 20.4. The van der Waals surface area contributed by atoms with Gasteiger partial charge in [-0.05, 0) is 38.3 Å². The van der Waals surface area contributed by atoms with E-state index in [9.17, 15) is 13.6 Å². The fourth-order valence-electron chi connectivity index (χ4n) is 4.47. The van der Waals surface area contributed by atoms with E-state index in [1.807, 2.05) is 11.8 Å². The van der Waals surface area contributed by atoms with E-state index in [1.54, 1.807) is 0 Å². The molecule has 31 heavy (non-hydrogen) atoms. The minimum Gasteiger partial charge on any atom is -0.353 e. The lowest BCUT2D eigenvalue weighted by atomic mass is 10.1. The van der Waals surface area contributed by atoms with Gasteiger partial charge in [0, 0.05) is 63.3 Å². The lowest BCUT2D eigenvalue weighted by molar-refractivity contribution is -0.131. The van der Waals surface area contributed by atoms with Gasteiger partial charge >= 0.3 is 0 Å². The Kier molecular flexibility index (Phi) is 8.49. The van der Waals surface area contributed by atoms with Crippen LogP contribution in [0.25, 0.3) is 0 Å². The third-order valence-corrected chi connectivity index (χ3v) is 6.27. The van der Waals surface area contributed by atoms with Gasteiger partial charge in [-0.1, -0.05) is 6.07 Å². The number of amides is 1. The first-order valence-electron chi connectivity index (χ1n) is 11.1. The summed E-state index contributed by atoms with van der Waals surface area (Å²) in [6.07, 6.45) is 2.92. The van der Waals surface area contributed by atoms with E-state index in [1.165, 1.54) is 18.2 Å². The number of carbonyl (C=O) groups is 1. The molecule has 1 aromatic rings. The van der Waals surface area contributed by atoms with Crippen LogP contribution >= 0.6 is 24.0 Å². The summed E-state index contributed by atoms with van der Waals surface area (Å²) in [6.45, 7) is 8.06. The molecule has 0 spiro atoms. The Labute approximate surface area is 200 Å². The summed E-state index contributed by atoms with van der Waals surface area (Å²) in [5.41, 5.74) is 0.177. The van der Waals surface area contributed by atoms with Crippen molar-refractivity contribution in [2.24, 2.45) is 4.99 Å². The number of hydrogen-bond donors (Lipinski definition) is 1. The summed E-state index contributed by atoms with van der Waals surface area (Å²) in [5, 5.41) is 3.41. The number of aliphatic imine (C=N–C) groups is 1. The molecule has 9 heteroatoms. The molecule has 0 radical (unpaired) electrons. The largest absolute Gasteiger partial charge is 0.353 e. The van der Waals surface area contributed by atoms with E-state index in [-0.39, 0.29) is 47.4 Å². The van der Waals surface area contributed by atoms with Crippen LogP contribution in [0.4, 0.5) is 8.78 Å². The number of carbonyl (C=O) groups excluding carboxylic acids is 1. The molecule has 2 aliphatic heterocycles. The van der Waals surface area contributed by atoms with Gasteiger partial charge in [0.25, 0.3) is 0 Å². The smallest absolute Gasteiger partial charge is 0.236 e. The number of likely N-dealkylation sites (tertiary alicyclic amines) is 1. The minimum atomic E-state index is -0.477. The Morgan fingerprint density at radius 1 is 1.06 bits per heavy atom. The van der Waals surface area contributed by atoms with Gasteiger partial charge in [-0.25, -0.2) is 8.78 Å². The number of rotatable bonds is 5. The molecule has 3 fully saturated rings. The summed E-state index contributed by atoms with van der Waals surface area (Å²) in [6, 6.07) is 4.03. The lowest BCUT2D eigenvalue weighted by Gasteiger charge is -2.36. The number of guanidine groups is 1. The minimum absolute atomic E-state index is 0. The van der Waals surface area contributed by atoms with E-state index >= 15 is 0 Å². The zero-order valence-electron chi connectivity index (χ0n) is 18.0. The molecule has 2 atom stereocenters. The molecule has 1 N–H and O–H groups in total. The van der Waals surface area contributed by atoms with Gasteiger partial charge in [-0.3, -0.25) is 14.7 Å². The Hall–Kier alpha value is -1.49. The molecule has 1 amide bonds. The van der Waals surface area contributed by atoms with Crippen LogP contribution in [-0.4, -0.2) is 85.0 Å². The topological polar surface area (TPSA) is 51.2 Å². The highest BCUT2D eigenvalue weighted by Crippen LogP contribution is 2.43. The first kappa shape index (κ1) is 24.2. The fourth-order valence-corrected chi connectivity index (χ4v) is 4.47. The van der Waals surface area contributed by atoms with Crippen molar-refractivity contribution in [2.45, 2.75) is 38.1 Å². The number of nitrogens with one attached hydrogen (secondary N) is 1. The van der Waals surface area contributed by atoms with Gasteiger partial charge in [0.1, 0.15) is 11.6 Å². The van der Waals surface area contributed by atoms with E-state index in [0.717, 1.165) is 58.1 Å². The normalized spacial score (nSPS) is 24.2. The summed E-state index contributed by atoms with van der Waals surface area (Å²) >= 11 is 0. The summed E-state index contributed by atoms with van der Waals surface area (Å²) < 4.78 is 28.1. The summed E-state index contributed by atoms with van der Waals surface area (Å²) in [5.74, 6) is -0.0849. The number of benzene rings is 1. The quantitative estimate of drug-likeness (QED) is 0.350. The molecule has 2 saturated heterocycles. The summed E-state index contributed by atoms with van der Waals surface area (Å²) in [4.78, 5) is 23.3. The van der Waals surface area contributed by atoms with Crippen molar-refractivity contribution < 1.29 is 13.6 Å². The number of hydrogen-bond acceptors (Lipinski definition) is 3. The molecule has 0 aromatic heterocycles. The van der Waals surface area contributed by atoms with Gasteiger partial charge in [0.05, 0.1) is 6.54 Å². The predicted molar refractivity (Wildman–Crippen MR) is 128 cm³/mol. The third-order valence-electron chi connectivity index (χ3n) is 6.27. The van der Waals surface area contributed by atoms with E-state index in [2.05, 4.69) is 20.1 Å². The van der Waals surface area contributed by atoms with Crippen LogP contribution in [0.15, 0.2) is 23.2 Å². The van der Waals surface area contributed by atoms with Gasteiger partial charge in [0.15, 0.2) is 5.96 Å². The van der Waals surface area contributed by atoms with Crippen molar-refractivity contribution in [3.8, 4) is 0 Å². The second kappa shape index (κ2) is 10.9. The highest BCUT2D eigenvalue weighted by Gasteiger charge is 2.43. The molecule has 1 aliphatic carbocycles. The Balaban J connectivity index is 0.00000272. The maximum absolute atomic E-state index is 14.1. The van der Waals surface area contributed by atoms with Crippen LogP contribution in [-0.2, 0) is 4.79 Å². The summed E-state index contributed by atoms with van der Waals surface area (Å²) in [7, 11) is 0. The number of halogens is 3. The van der Waals surface area contributed by atoms with Crippen molar-refractivity contribution in [3.05, 3.63) is 35.4 Å². The van der Waals surface area contributed by atoms with Gasteiger partial charge in [0.2, 0.25) is 5.91 Å². The van der Waals surface area contributed by atoms with Crippen molar-refractivity contribution in [1.29, 1.82) is 0 Å². The van der Waals surface area contributed by atoms with Crippen molar-refractivity contribution in [3.63, 3.8) is 0 Å². The maximum Gasteiger partial charge on any atom is 0.236 e. The zero-order chi connectivity index (χ0) is 21.1. The molecule has 6 nitrogen and oxygen atoms in total. The second-order valence-corrected chi connectivity index (χ2v) is 8.38. The lowest BCUT2D eigenvalue weighted by Crippen LogP contribution is -2.54. The first-order chi connectivity index (χ1) is 14.6. The van der Waals surface area contributed by atoms with Gasteiger partial charge in [-0.2, -0.15) is 0 Å². The highest BCUT2D eigenvalue weighted by atomic mass is 127. The van der Waals surface area contributed by atoms with E-state index in [4.69, 9.17) is 0 Å². The third kappa shape index (κ3) is 5.85. The van der Waals surface area contributed by atoms with Crippen LogP contribution in [0.5, 0.6) is 0 Å². The Bertz CT molecular complexity index is 774. The standard InChI is InChI=1S/C22H31F2N5O.HI/c1-2-25-22(26-19-14-16(19)21-17(23)6-5-7-18(21)24)29-12-10-27(11-13-29)15-20(30)28-8-3-4-9-28;/h5-7,16,19H,2-4,8-15H2,1H3,(H,25,26);1H. The van der Waals surface area contributed by atoms with Crippen molar-refractivity contribution in [2.75, 3.05) is 52.4 Å². The second-order valence-electron chi connectivity index (χ2n) is 8.38. The maximum atomic E-state index is 14.1. The molecular formula is C22H32F2IN5O. The molecule has 0 bridgehead atoms. The monoisotopic (exact) mass is 547 g/mol. The SMILES string of the molecule is CCN=C(NC1CC1c1c(F)cccc1F)N1CCN(CC(=O)N2CCCC2)CC1.I. The Morgan fingerprint density at radius 3 is 2.32 bits per heavy atom. The van der Waals surface area contributed by atoms with Crippen molar-refractivity contribution >= 4 is 35.8 Å². The Morgan fingerprint density at radius 2 is 1.71 bits per heavy atom. The van der Waals surface area contributed by atoms with E-state index < -0.39 is 11.6 Å². The molecule has 4 rings (SSSR count). The first-order valence-corrected chi connectivity index (χ1v) is 11.1. The predicted octanol–water partition coefficient (Wildman–Crippen LogP) is 2.64. The molecule has 172 valence electrons. The van der Waals surface area contributed by atoms with E-state index in [0.29, 0.717) is 19.5 Å². The average Bonchev–Trinajstić information content (AvgIpc) is 3.25. The number of nitrogens with zero attached hydrogens (tertiary/aromatic N) is 4. The number of piperazine rings is 1. The van der Waals surface area contributed by atoms with Crippen molar-refractivity contribution in [1.82, 2.24) is 20.0 Å². The molecular weight excluding hydrogens is 515 g/mol. The van der Waals surface area contributed by atoms with Crippen LogP contribution in [0.2, 0.25) is 0 Å².